The van der Waals surface area contributed by atoms with Crippen molar-refractivity contribution in [1.82, 2.24) is 10.6 Å². The third-order valence-corrected chi connectivity index (χ3v) is 6.67. The van der Waals surface area contributed by atoms with E-state index in [0.29, 0.717) is 5.41 Å². The second-order valence-electron chi connectivity index (χ2n) is 8.93. The van der Waals surface area contributed by atoms with Gasteiger partial charge in [-0.15, -0.1) is 0 Å². The van der Waals surface area contributed by atoms with E-state index in [4.69, 9.17) is 0 Å². The van der Waals surface area contributed by atoms with Crippen LogP contribution in [0, 0.1) is 29.1 Å². The highest BCUT2D eigenvalue weighted by Crippen LogP contribution is 2.61. The van der Waals surface area contributed by atoms with Gasteiger partial charge in [0.15, 0.2) is 0 Å². The van der Waals surface area contributed by atoms with Gasteiger partial charge in [0.1, 0.15) is 6.04 Å². The summed E-state index contributed by atoms with van der Waals surface area (Å²) in [6.07, 6.45) is 8.11. The van der Waals surface area contributed by atoms with E-state index in [2.05, 4.69) is 17.6 Å². The molecule has 4 nitrogen and oxygen atoms in total. The molecule has 0 aromatic rings. The monoisotopic (exact) mass is 320 g/mol. The van der Waals surface area contributed by atoms with E-state index in [1.807, 2.05) is 13.8 Å². The predicted molar refractivity (Wildman–Crippen MR) is 90.7 cm³/mol. The molecule has 4 heteroatoms. The lowest BCUT2D eigenvalue weighted by atomic mass is 9.48. The number of amides is 2. The van der Waals surface area contributed by atoms with Crippen LogP contribution in [-0.4, -0.2) is 23.9 Å². The van der Waals surface area contributed by atoms with E-state index in [9.17, 15) is 9.59 Å². The number of carbonyl (C=O) groups excluding carboxylic acids is 2. The average Bonchev–Trinajstić information content (AvgIpc) is 2.42. The fraction of sp³-hybridized carbons (Fsp3) is 0.895. The number of nitrogens with one attached hydrogen (secondary N) is 2. The van der Waals surface area contributed by atoms with Crippen molar-refractivity contribution in [2.75, 3.05) is 0 Å². The van der Waals surface area contributed by atoms with Gasteiger partial charge in [0.2, 0.25) is 11.8 Å². The molecule has 4 aliphatic carbocycles. The van der Waals surface area contributed by atoms with Crippen molar-refractivity contribution in [3.8, 4) is 0 Å². The molecule has 2 atom stereocenters. The predicted octanol–water partition coefficient (Wildman–Crippen LogP) is 2.87. The number of carbonyl (C=O) groups is 2. The molecule has 0 radical (unpaired) electrons. The van der Waals surface area contributed by atoms with Gasteiger partial charge in [-0.3, -0.25) is 9.59 Å². The van der Waals surface area contributed by atoms with E-state index in [0.717, 1.165) is 17.8 Å². The molecule has 0 aliphatic heterocycles. The van der Waals surface area contributed by atoms with Gasteiger partial charge in [-0.25, -0.2) is 0 Å². The molecule has 2 unspecified atom stereocenters. The van der Waals surface area contributed by atoms with Crippen LogP contribution >= 0.6 is 0 Å². The van der Waals surface area contributed by atoms with Gasteiger partial charge in [0, 0.05) is 13.0 Å². The Kier molecular flexibility index (Phi) is 4.45. The third-order valence-electron chi connectivity index (χ3n) is 6.67. The van der Waals surface area contributed by atoms with Crippen LogP contribution in [0.1, 0.15) is 66.2 Å². The number of rotatable bonds is 5. The number of hydrogen-bond donors (Lipinski definition) is 2. The van der Waals surface area contributed by atoms with Crippen molar-refractivity contribution in [2.24, 2.45) is 29.1 Å². The molecule has 23 heavy (non-hydrogen) atoms. The molecular formula is C19H32N2O2. The summed E-state index contributed by atoms with van der Waals surface area (Å²) in [6.45, 7) is 7.63. The van der Waals surface area contributed by atoms with Crippen molar-refractivity contribution in [3.63, 3.8) is 0 Å². The first-order valence-electron chi connectivity index (χ1n) is 9.36. The summed E-state index contributed by atoms with van der Waals surface area (Å²) in [5, 5.41) is 6.08. The first-order valence-corrected chi connectivity index (χ1v) is 9.36. The molecule has 4 saturated carbocycles. The lowest BCUT2D eigenvalue weighted by molar-refractivity contribution is -0.132. The van der Waals surface area contributed by atoms with Gasteiger partial charge in [-0.05, 0) is 74.5 Å². The second kappa shape index (κ2) is 6.10. The maximum absolute atomic E-state index is 12.7. The molecule has 0 aromatic carbocycles. The molecule has 130 valence electrons. The molecule has 0 aromatic heterocycles. The van der Waals surface area contributed by atoms with Gasteiger partial charge >= 0.3 is 0 Å². The van der Waals surface area contributed by atoms with Gasteiger partial charge in [-0.1, -0.05) is 13.8 Å². The lowest BCUT2D eigenvalue weighted by Crippen LogP contribution is -2.59. The van der Waals surface area contributed by atoms with E-state index < -0.39 is 6.04 Å². The van der Waals surface area contributed by atoms with Crippen molar-refractivity contribution < 1.29 is 9.59 Å². The normalized spacial score (nSPS) is 37.5. The van der Waals surface area contributed by atoms with Crippen LogP contribution in [0.25, 0.3) is 0 Å². The molecule has 0 heterocycles. The van der Waals surface area contributed by atoms with Crippen LogP contribution in [0.3, 0.4) is 0 Å². The van der Waals surface area contributed by atoms with Gasteiger partial charge < -0.3 is 10.6 Å². The highest BCUT2D eigenvalue weighted by atomic mass is 16.2. The van der Waals surface area contributed by atoms with Gasteiger partial charge in [0.05, 0.1) is 0 Å². The van der Waals surface area contributed by atoms with Crippen LogP contribution < -0.4 is 10.6 Å². The number of hydrogen-bond acceptors (Lipinski definition) is 2. The van der Waals surface area contributed by atoms with Crippen LogP contribution in [0.5, 0.6) is 0 Å². The summed E-state index contributed by atoms with van der Waals surface area (Å²) < 4.78 is 0. The third kappa shape index (κ3) is 3.27. The minimum Gasteiger partial charge on any atom is -0.351 e. The smallest absolute Gasteiger partial charge is 0.243 e. The topological polar surface area (TPSA) is 58.2 Å². The summed E-state index contributed by atoms with van der Waals surface area (Å²) in [4.78, 5) is 24.1. The van der Waals surface area contributed by atoms with E-state index >= 15 is 0 Å². The summed E-state index contributed by atoms with van der Waals surface area (Å²) in [7, 11) is 0. The van der Waals surface area contributed by atoms with Crippen LogP contribution in [-0.2, 0) is 9.59 Å². The van der Waals surface area contributed by atoms with E-state index in [1.54, 1.807) is 0 Å². The lowest BCUT2D eigenvalue weighted by Gasteiger charge is -2.59. The SMILES string of the molecule is CC(=O)NC(C(=O)NC(C)C12CC3CC(CC(C3)C1)C2)C(C)C. The molecule has 4 bridgehead atoms. The minimum absolute atomic E-state index is 0.0153. The Balaban J connectivity index is 1.67. The van der Waals surface area contributed by atoms with Crippen molar-refractivity contribution >= 4 is 11.8 Å². The summed E-state index contributed by atoms with van der Waals surface area (Å²) in [5.41, 5.74) is 0.308. The Morgan fingerprint density at radius 1 is 0.913 bits per heavy atom. The molecule has 0 spiro atoms. The first-order chi connectivity index (χ1) is 10.8. The molecule has 2 amide bonds. The summed E-state index contributed by atoms with van der Waals surface area (Å²) in [6, 6.07) is -0.220. The molecule has 2 N–H and O–H groups in total. The van der Waals surface area contributed by atoms with Crippen molar-refractivity contribution in [2.45, 2.75) is 78.3 Å². The molecular weight excluding hydrogens is 288 g/mol. The zero-order valence-corrected chi connectivity index (χ0v) is 15.0. The zero-order valence-electron chi connectivity index (χ0n) is 15.0. The molecule has 4 aliphatic rings. The fourth-order valence-electron chi connectivity index (χ4n) is 5.92. The highest BCUT2D eigenvalue weighted by Gasteiger charge is 2.53. The minimum atomic E-state index is -0.427. The van der Waals surface area contributed by atoms with Gasteiger partial charge in [-0.2, -0.15) is 0 Å². The quantitative estimate of drug-likeness (QED) is 0.818. The van der Waals surface area contributed by atoms with Crippen LogP contribution in [0.2, 0.25) is 0 Å². The first kappa shape index (κ1) is 16.8. The van der Waals surface area contributed by atoms with Crippen LogP contribution in [0.4, 0.5) is 0 Å². The Morgan fingerprint density at radius 3 is 1.78 bits per heavy atom. The van der Waals surface area contributed by atoms with Gasteiger partial charge in [0.25, 0.3) is 0 Å². The van der Waals surface area contributed by atoms with E-state index in [1.165, 1.54) is 45.4 Å². The average molecular weight is 320 g/mol. The molecule has 0 saturated heterocycles. The summed E-state index contributed by atoms with van der Waals surface area (Å²) in [5.74, 6) is 2.60. The highest BCUT2D eigenvalue weighted by molar-refractivity contribution is 5.87. The maximum atomic E-state index is 12.7. The maximum Gasteiger partial charge on any atom is 0.243 e. The van der Waals surface area contributed by atoms with Crippen molar-refractivity contribution in [3.05, 3.63) is 0 Å². The summed E-state index contributed by atoms with van der Waals surface area (Å²) >= 11 is 0. The van der Waals surface area contributed by atoms with Crippen LogP contribution in [0.15, 0.2) is 0 Å². The molecule has 4 rings (SSSR count). The largest absolute Gasteiger partial charge is 0.351 e. The second-order valence-corrected chi connectivity index (χ2v) is 8.93. The fourth-order valence-corrected chi connectivity index (χ4v) is 5.92. The Morgan fingerprint density at radius 2 is 1.39 bits per heavy atom. The Bertz CT molecular complexity index is 450. The molecule has 4 fully saturated rings. The Hall–Kier alpha value is -1.06. The van der Waals surface area contributed by atoms with E-state index in [-0.39, 0.29) is 23.8 Å². The van der Waals surface area contributed by atoms with Crippen molar-refractivity contribution in [1.29, 1.82) is 0 Å². The Labute approximate surface area is 140 Å². The zero-order chi connectivity index (χ0) is 16.8. The standard InChI is InChI=1S/C19H32N2O2/c1-11(2)17(21-13(4)22)18(23)20-12(3)19-8-14-5-15(9-19)7-16(6-14)10-19/h11-12,14-17H,5-10H2,1-4H3,(H,20,23)(H,21,22).